The van der Waals surface area contributed by atoms with E-state index in [9.17, 15) is 9.59 Å². The number of amides is 2. The van der Waals surface area contributed by atoms with Crippen LogP contribution in [0.4, 0.5) is 10.8 Å². The van der Waals surface area contributed by atoms with Gasteiger partial charge in [-0.25, -0.2) is 0 Å². The average molecular weight is 465 g/mol. The predicted molar refractivity (Wildman–Crippen MR) is 124 cm³/mol. The van der Waals surface area contributed by atoms with Gasteiger partial charge in [-0.3, -0.25) is 14.9 Å². The Kier molecular flexibility index (Phi) is 8.10. The maximum absolute atomic E-state index is 12.7. The van der Waals surface area contributed by atoms with E-state index in [2.05, 4.69) is 20.0 Å². The number of nitrogens with zero attached hydrogens (tertiary/aromatic N) is 2. The summed E-state index contributed by atoms with van der Waals surface area (Å²) in [6.45, 7) is 4.00. The van der Waals surface area contributed by atoms with Crippen LogP contribution in [0.15, 0.2) is 51.8 Å². The van der Waals surface area contributed by atoms with Crippen LogP contribution in [-0.2, 0) is 4.79 Å². The third-order valence-electron chi connectivity index (χ3n) is 3.69. The highest BCUT2D eigenvalue weighted by atomic mass is 32.2. The second-order valence-corrected chi connectivity index (χ2v) is 9.99. The first-order chi connectivity index (χ1) is 14.1. The first-order valence-corrected chi connectivity index (χ1v) is 12.5. The van der Waals surface area contributed by atoms with E-state index in [1.807, 2.05) is 49.6 Å². The average Bonchev–Trinajstić information content (AvgIpc) is 3.39. The molecule has 0 aliphatic rings. The Labute approximate surface area is 186 Å². The Balaban J connectivity index is 1.62. The molecule has 10 heteroatoms. The molecule has 2 aromatic heterocycles. The Morgan fingerprint density at radius 1 is 1.17 bits per heavy atom. The first kappa shape index (κ1) is 21.8. The molecule has 0 fully saturated rings. The molecule has 0 spiro atoms. The Hall–Kier alpha value is -1.88. The maximum Gasteiger partial charge on any atom is 0.265 e. The van der Waals surface area contributed by atoms with Crippen molar-refractivity contribution in [2.24, 2.45) is 0 Å². The number of carbonyl (C=O) groups is 2. The highest BCUT2D eigenvalue weighted by molar-refractivity contribution is 8.00. The molecule has 0 aliphatic heterocycles. The van der Waals surface area contributed by atoms with Crippen molar-refractivity contribution < 1.29 is 9.59 Å². The summed E-state index contributed by atoms with van der Waals surface area (Å²) >= 11 is 5.59. The van der Waals surface area contributed by atoms with Gasteiger partial charge in [0.05, 0.1) is 10.1 Å². The van der Waals surface area contributed by atoms with E-state index >= 15 is 0 Å². The quantitative estimate of drug-likeness (QED) is 0.408. The molecule has 0 bridgehead atoms. The topological polar surface area (TPSA) is 84.0 Å². The number of thioether (sulfide) groups is 2. The molecule has 1 aromatic carbocycles. The molecule has 0 radical (unpaired) electrons. The molecule has 3 rings (SSSR count). The van der Waals surface area contributed by atoms with Gasteiger partial charge in [0.15, 0.2) is 0 Å². The fourth-order valence-corrected chi connectivity index (χ4v) is 5.27. The summed E-state index contributed by atoms with van der Waals surface area (Å²) in [6, 6.07) is 11.2. The zero-order chi connectivity index (χ0) is 20.6. The molecule has 1 atom stereocenters. The van der Waals surface area contributed by atoms with Gasteiger partial charge in [-0.1, -0.05) is 37.7 Å². The third kappa shape index (κ3) is 6.30. The summed E-state index contributed by atoms with van der Waals surface area (Å²) in [7, 11) is 0. The summed E-state index contributed by atoms with van der Waals surface area (Å²) in [4.78, 5) is 30.8. The van der Waals surface area contributed by atoms with Crippen LogP contribution in [0.3, 0.4) is 0 Å². The predicted octanol–water partition coefficient (Wildman–Crippen LogP) is 5.47. The van der Waals surface area contributed by atoms with Gasteiger partial charge < -0.3 is 5.32 Å². The minimum absolute atomic E-state index is 0.102. The van der Waals surface area contributed by atoms with Crippen molar-refractivity contribution in [1.82, 2.24) is 9.36 Å². The minimum Gasteiger partial charge on any atom is -0.321 e. The molecule has 6 nitrogen and oxygen atoms in total. The fourth-order valence-electron chi connectivity index (χ4n) is 2.37. The van der Waals surface area contributed by atoms with Crippen LogP contribution in [0, 0.1) is 0 Å². The Morgan fingerprint density at radius 3 is 2.76 bits per heavy atom. The summed E-state index contributed by atoms with van der Waals surface area (Å²) in [5.74, 6) is 0.648. The van der Waals surface area contributed by atoms with E-state index in [4.69, 9.17) is 0 Å². The van der Waals surface area contributed by atoms with E-state index < -0.39 is 0 Å². The molecule has 0 saturated heterocycles. The van der Waals surface area contributed by atoms with Gasteiger partial charge in [0.25, 0.3) is 5.91 Å². The molecule has 2 heterocycles. The zero-order valence-electron chi connectivity index (χ0n) is 15.9. The number of nitrogens with one attached hydrogen (secondary N) is 2. The molecule has 1 unspecified atom stereocenters. The highest BCUT2D eigenvalue weighted by Gasteiger charge is 2.20. The van der Waals surface area contributed by atoms with Crippen LogP contribution in [0.2, 0.25) is 0 Å². The lowest BCUT2D eigenvalue weighted by atomic mass is 10.3. The third-order valence-corrected chi connectivity index (χ3v) is 7.39. The van der Waals surface area contributed by atoms with E-state index in [1.54, 1.807) is 17.8 Å². The standard InChI is InChI=1S/C19H20N4O2S4/c1-3-14(16(24)21-18-22-19(23-29-18)26-4-2)28-13-8-5-7-12(11-13)20-17(25)15-9-6-10-27-15/h5-11,14H,3-4H2,1-2H3,(H,20,25)(H,21,22,23,24). The number of benzene rings is 1. The van der Waals surface area contributed by atoms with Crippen molar-refractivity contribution in [1.29, 1.82) is 0 Å². The summed E-state index contributed by atoms with van der Waals surface area (Å²) in [6.07, 6.45) is 0.664. The monoisotopic (exact) mass is 464 g/mol. The lowest BCUT2D eigenvalue weighted by Gasteiger charge is -2.14. The number of thiophene rings is 1. The van der Waals surface area contributed by atoms with Crippen LogP contribution in [0.5, 0.6) is 0 Å². The Morgan fingerprint density at radius 2 is 2.03 bits per heavy atom. The summed E-state index contributed by atoms with van der Waals surface area (Å²) < 4.78 is 4.22. The summed E-state index contributed by atoms with van der Waals surface area (Å²) in [5.41, 5.74) is 0.703. The Bertz CT molecular complexity index is 959. The van der Waals surface area contributed by atoms with Crippen LogP contribution < -0.4 is 10.6 Å². The molecular formula is C19H20N4O2S4. The van der Waals surface area contributed by atoms with Crippen molar-refractivity contribution >= 4 is 69.0 Å². The van der Waals surface area contributed by atoms with Crippen molar-refractivity contribution in [3.05, 3.63) is 46.7 Å². The van der Waals surface area contributed by atoms with Gasteiger partial charge in [-0.05, 0) is 41.8 Å². The molecule has 0 saturated carbocycles. The lowest BCUT2D eigenvalue weighted by molar-refractivity contribution is -0.115. The lowest BCUT2D eigenvalue weighted by Crippen LogP contribution is -2.24. The van der Waals surface area contributed by atoms with Crippen LogP contribution in [0.1, 0.15) is 29.9 Å². The highest BCUT2D eigenvalue weighted by Crippen LogP contribution is 2.29. The largest absolute Gasteiger partial charge is 0.321 e. The first-order valence-electron chi connectivity index (χ1n) is 8.98. The normalized spacial score (nSPS) is 11.8. The van der Waals surface area contributed by atoms with Crippen molar-refractivity contribution in [2.75, 3.05) is 16.4 Å². The SMILES string of the molecule is CCSc1nsc(NC(=O)C(CC)Sc2cccc(NC(=O)c3cccs3)c2)n1. The minimum atomic E-state index is -0.274. The molecule has 152 valence electrons. The second-order valence-electron chi connectivity index (χ2n) is 5.78. The van der Waals surface area contributed by atoms with Crippen molar-refractivity contribution in [3.63, 3.8) is 0 Å². The second kappa shape index (κ2) is 10.8. The van der Waals surface area contributed by atoms with Crippen molar-refractivity contribution in [2.45, 2.75) is 35.6 Å². The molecule has 3 aromatic rings. The fraction of sp³-hybridized carbons (Fsp3) is 0.263. The number of hydrogen-bond acceptors (Lipinski definition) is 8. The number of aromatic nitrogens is 2. The number of rotatable bonds is 9. The van der Waals surface area contributed by atoms with Gasteiger partial charge in [0.1, 0.15) is 0 Å². The number of anilines is 2. The maximum atomic E-state index is 12.7. The van der Waals surface area contributed by atoms with Gasteiger partial charge >= 0.3 is 0 Å². The van der Waals surface area contributed by atoms with Gasteiger partial charge in [0.2, 0.25) is 16.2 Å². The van der Waals surface area contributed by atoms with E-state index in [0.29, 0.717) is 27.3 Å². The molecule has 29 heavy (non-hydrogen) atoms. The zero-order valence-corrected chi connectivity index (χ0v) is 19.1. The van der Waals surface area contributed by atoms with Gasteiger partial charge in [0, 0.05) is 22.1 Å². The van der Waals surface area contributed by atoms with Gasteiger partial charge in [-0.2, -0.15) is 9.36 Å². The molecule has 0 aliphatic carbocycles. The molecular weight excluding hydrogens is 445 g/mol. The van der Waals surface area contributed by atoms with Crippen LogP contribution in [-0.4, -0.2) is 32.2 Å². The number of carbonyl (C=O) groups excluding carboxylic acids is 2. The van der Waals surface area contributed by atoms with E-state index in [-0.39, 0.29) is 17.1 Å². The van der Waals surface area contributed by atoms with E-state index in [1.165, 1.54) is 34.6 Å². The van der Waals surface area contributed by atoms with Crippen LogP contribution >= 0.6 is 46.4 Å². The summed E-state index contributed by atoms with van der Waals surface area (Å²) in [5, 5.41) is 8.55. The molecule has 2 amide bonds. The van der Waals surface area contributed by atoms with Crippen molar-refractivity contribution in [3.8, 4) is 0 Å². The van der Waals surface area contributed by atoms with E-state index in [0.717, 1.165) is 10.6 Å². The number of hydrogen-bond donors (Lipinski definition) is 2. The smallest absolute Gasteiger partial charge is 0.265 e. The molecule has 2 N–H and O–H groups in total. The van der Waals surface area contributed by atoms with Gasteiger partial charge in [-0.15, -0.1) is 23.1 Å². The van der Waals surface area contributed by atoms with Crippen LogP contribution in [0.25, 0.3) is 0 Å².